The molecule has 2 aromatic heterocycles. The second kappa shape index (κ2) is 16.2. The Hall–Kier alpha value is -6.02. The summed E-state index contributed by atoms with van der Waals surface area (Å²) in [7, 11) is 3.19. The summed E-state index contributed by atoms with van der Waals surface area (Å²) in [6.45, 7) is 4.55. The average molecular weight is 674 g/mol. The fourth-order valence-electron chi connectivity index (χ4n) is 4.94. The first-order valence-electron chi connectivity index (χ1n) is 15.1. The number of hydrogen-bond acceptors (Lipinski definition) is 9. The minimum Gasteiger partial charge on any atom is -0.497 e. The number of benzene rings is 3. The van der Waals surface area contributed by atoms with Crippen molar-refractivity contribution in [3.05, 3.63) is 106 Å². The largest absolute Gasteiger partial charge is 0.497 e. The van der Waals surface area contributed by atoms with Gasteiger partial charge in [-0.05, 0) is 63.4 Å². The van der Waals surface area contributed by atoms with Gasteiger partial charge in [0.25, 0.3) is 17.4 Å². The minimum absolute atomic E-state index is 0.0307. The quantitative estimate of drug-likeness (QED) is 0.164. The molecule has 13 nitrogen and oxygen atoms in total. The number of esters is 1. The number of likely N-dealkylation sites (N-methyl/N-ethyl adjacent to an activating group) is 1. The van der Waals surface area contributed by atoms with Crippen LogP contribution in [0.4, 0.5) is 10.1 Å². The first-order valence-corrected chi connectivity index (χ1v) is 15.1. The molecule has 5 aromatic rings. The van der Waals surface area contributed by atoms with Crippen LogP contribution in [0.15, 0.2) is 83.8 Å². The molecule has 1 amide bonds. The number of aliphatic carboxylic acids is 1. The molecule has 0 bridgehead atoms. The number of ether oxygens (including phenoxy) is 3. The predicted molar refractivity (Wildman–Crippen MR) is 180 cm³/mol. The van der Waals surface area contributed by atoms with Crippen molar-refractivity contribution in [3.8, 4) is 22.9 Å². The van der Waals surface area contributed by atoms with Gasteiger partial charge in [-0.2, -0.15) is 0 Å². The molecule has 0 radical (unpaired) electrons. The number of carboxylic acids is 1. The van der Waals surface area contributed by atoms with Gasteiger partial charge in [0.1, 0.15) is 23.2 Å². The van der Waals surface area contributed by atoms with Crippen LogP contribution in [0.2, 0.25) is 0 Å². The van der Waals surface area contributed by atoms with E-state index in [-0.39, 0.29) is 30.1 Å². The number of hydrogen-bond donors (Lipinski definition) is 3. The van der Waals surface area contributed by atoms with E-state index in [9.17, 15) is 14.4 Å². The maximum absolute atomic E-state index is 15.2. The Morgan fingerprint density at radius 3 is 2.39 bits per heavy atom. The molecule has 0 saturated heterocycles. The smallest absolute Gasteiger partial charge is 0.320 e. The van der Waals surface area contributed by atoms with Gasteiger partial charge in [-0.25, -0.2) is 9.07 Å². The van der Waals surface area contributed by atoms with E-state index in [4.69, 9.17) is 24.1 Å². The van der Waals surface area contributed by atoms with Crippen molar-refractivity contribution in [2.45, 2.75) is 33.4 Å². The summed E-state index contributed by atoms with van der Waals surface area (Å²) >= 11 is 0. The Kier molecular flexibility index (Phi) is 11.8. The lowest BCUT2D eigenvalue weighted by Crippen LogP contribution is -2.30. The zero-order valence-electron chi connectivity index (χ0n) is 27.5. The van der Waals surface area contributed by atoms with Gasteiger partial charge in [-0.3, -0.25) is 28.8 Å². The molecule has 49 heavy (non-hydrogen) atoms. The summed E-state index contributed by atoms with van der Waals surface area (Å²) in [5, 5.41) is 13.4. The number of para-hydroxylation sites is 1. The van der Waals surface area contributed by atoms with Crippen LogP contribution in [-0.4, -0.2) is 64.1 Å². The highest BCUT2D eigenvalue weighted by atomic mass is 19.1. The number of halogens is 1. The molecule has 0 saturated carbocycles. The Morgan fingerprint density at radius 1 is 1.02 bits per heavy atom. The first kappa shape index (κ1) is 35.8. The Balaban J connectivity index is 0.00000128. The number of rotatable bonds is 11. The zero-order chi connectivity index (χ0) is 35.7. The van der Waals surface area contributed by atoms with E-state index in [0.29, 0.717) is 33.8 Å². The highest BCUT2D eigenvalue weighted by Gasteiger charge is 2.26. The Bertz CT molecular complexity index is 2020. The van der Waals surface area contributed by atoms with E-state index in [1.165, 1.54) is 16.8 Å². The van der Waals surface area contributed by atoms with Gasteiger partial charge in [0.2, 0.25) is 0 Å². The molecule has 3 N–H and O–H groups in total. The molecule has 14 heteroatoms. The van der Waals surface area contributed by atoms with Crippen LogP contribution in [0.3, 0.4) is 0 Å². The van der Waals surface area contributed by atoms with Crippen molar-refractivity contribution in [2.24, 2.45) is 0 Å². The fourth-order valence-corrected chi connectivity index (χ4v) is 4.94. The van der Waals surface area contributed by atoms with Crippen LogP contribution in [-0.2, 0) is 20.9 Å². The number of nitrogens with zero attached hydrogens (tertiary/aromatic N) is 3. The van der Waals surface area contributed by atoms with Crippen molar-refractivity contribution in [1.82, 2.24) is 19.7 Å². The lowest BCUT2D eigenvalue weighted by molar-refractivity contribution is -0.147. The number of carboxylic acid groups (broad SMARTS) is 1. The van der Waals surface area contributed by atoms with Crippen LogP contribution in [0.25, 0.3) is 16.6 Å². The third-order valence-electron chi connectivity index (χ3n) is 7.03. The second-order valence-corrected chi connectivity index (χ2v) is 10.7. The molecule has 0 fully saturated rings. The SMILES string of the molecule is CC(=O)O.CNCC(=O)OC(C)Cn1c(C)c(C(=O)Nc2ccc(Oc3ccnc4cc(OC)ccc34)c(F)c2)c(=O)n1-c1ccccc1. The van der Waals surface area contributed by atoms with Crippen LogP contribution < -0.4 is 25.7 Å². The van der Waals surface area contributed by atoms with Crippen molar-refractivity contribution >= 4 is 34.4 Å². The van der Waals surface area contributed by atoms with Gasteiger partial charge in [0, 0.05) is 36.3 Å². The molecule has 1 atom stereocenters. The van der Waals surface area contributed by atoms with Gasteiger partial charge in [-0.15, -0.1) is 0 Å². The molecule has 0 aliphatic heterocycles. The third-order valence-corrected chi connectivity index (χ3v) is 7.03. The first-order chi connectivity index (χ1) is 23.4. The van der Waals surface area contributed by atoms with Gasteiger partial charge >= 0.3 is 5.97 Å². The molecule has 0 aliphatic rings. The summed E-state index contributed by atoms with van der Waals surface area (Å²) in [5.74, 6) is -1.77. The number of methoxy groups -OCH3 is 1. The van der Waals surface area contributed by atoms with Crippen molar-refractivity contribution in [3.63, 3.8) is 0 Å². The molecule has 5 rings (SSSR count). The highest BCUT2D eigenvalue weighted by molar-refractivity contribution is 6.05. The maximum Gasteiger partial charge on any atom is 0.320 e. The lowest BCUT2D eigenvalue weighted by atomic mass is 10.2. The molecule has 2 heterocycles. The average Bonchev–Trinajstić information content (AvgIpc) is 3.30. The van der Waals surface area contributed by atoms with Gasteiger partial charge in [0.05, 0.1) is 37.1 Å². The lowest BCUT2D eigenvalue weighted by Gasteiger charge is -2.18. The molecule has 1 unspecified atom stereocenters. The Morgan fingerprint density at radius 2 is 1.73 bits per heavy atom. The van der Waals surface area contributed by atoms with Crippen LogP contribution in [0, 0.1) is 12.7 Å². The maximum atomic E-state index is 15.2. The summed E-state index contributed by atoms with van der Waals surface area (Å²) in [6.07, 6.45) is 0.941. The van der Waals surface area contributed by atoms with E-state index in [1.54, 1.807) is 93.5 Å². The molecule has 0 aliphatic carbocycles. The molecular formula is C35H36FN5O8. The van der Waals surface area contributed by atoms with E-state index < -0.39 is 35.3 Å². The highest BCUT2D eigenvalue weighted by Crippen LogP contribution is 2.33. The van der Waals surface area contributed by atoms with Crippen LogP contribution in [0.5, 0.6) is 17.2 Å². The summed E-state index contributed by atoms with van der Waals surface area (Å²) in [6, 6.07) is 19.7. The second-order valence-electron chi connectivity index (χ2n) is 10.7. The van der Waals surface area contributed by atoms with Crippen LogP contribution in [0.1, 0.15) is 29.9 Å². The Labute approximate surface area is 280 Å². The predicted octanol–water partition coefficient (Wildman–Crippen LogP) is 4.93. The van der Waals surface area contributed by atoms with E-state index in [0.717, 1.165) is 13.0 Å². The number of pyridine rings is 1. The topological polar surface area (TPSA) is 163 Å². The van der Waals surface area contributed by atoms with Crippen molar-refractivity contribution < 1.29 is 38.1 Å². The summed E-state index contributed by atoms with van der Waals surface area (Å²) < 4.78 is 34.7. The van der Waals surface area contributed by atoms with Crippen molar-refractivity contribution in [1.29, 1.82) is 0 Å². The van der Waals surface area contributed by atoms with Gasteiger partial charge < -0.3 is 30.0 Å². The summed E-state index contributed by atoms with van der Waals surface area (Å²) in [5.41, 5.74) is 0.901. The molecule has 3 aromatic carbocycles. The van der Waals surface area contributed by atoms with E-state index in [1.807, 2.05) is 0 Å². The van der Waals surface area contributed by atoms with Gasteiger partial charge in [-0.1, -0.05) is 18.2 Å². The van der Waals surface area contributed by atoms with E-state index in [2.05, 4.69) is 15.6 Å². The number of fused-ring (bicyclic) bond motifs is 1. The number of anilines is 1. The number of amides is 1. The van der Waals surface area contributed by atoms with Crippen molar-refractivity contribution in [2.75, 3.05) is 26.0 Å². The third kappa shape index (κ3) is 8.87. The molecule has 0 spiro atoms. The molecular weight excluding hydrogens is 637 g/mol. The number of carbonyl (C=O) groups is 3. The monoisotopic (exact) mass is 673 g/mol. The van der Waals surface area contributed by atoms with E-state index >= 15 is 4.39 Å². The van der Waals surface area contributed by atoms with Crippen LogP contribution >= 0.6 is 0 Å². The van der Waals surface area contributed by atoms with Gasteiger partial charge in [0.15, 0.2) is 11.6 Å². The minimum atomic E-state index is -0.833. The zero-order valence-corrected chi connectivity index (χ0v) is 27.5. The number of nitrogens with one attached hydrogen (secondary N) is 2. The normalized spacial score (nSPS) is 11.2. The fraction of sp³-hybridized carbons (Fsp3) is 0.229. The number of carbonyl (C=O) groups excluding carboxylic acids is 2. The standard InChI is InChI=1S/C33H32FN5O6.C2H4O2/c1-20(44-30(40)18-35-3)19-38-21(2)31(33(42)39(38)23-8-6-5-7-9-23)32(41)37-22-10-13-29(26(34)16-22)45-28-14-15-36-27-17-24(43-4)11-12-25(27)28;1-2(3)4/h5-17,20,35H,18-19H2,1-4H3,(H,37,41);1H3,(H,3,4). The number of aromatic nitrogens is 3. The molecule has 256 valence electrons. The summed E-state index contributed by atoms with van der Waals surface area (Å²) in [4.78, 5) is 52.5.